The molecular weight excluding hydrogens is 1900 g/mol. The minimum atomic E-state index is -1.84. The molecule has 0 aliphatic carbocycles. The number of nitrogens with one attached hydrogen (secondary N) is 20. The van der Waals surface area contributed by atoms with Crippen molar-refractivity contribution < 1.29 is 106 Å². The molecule has 0 radical (unpaired) electrons. The van der Waals surface area contributed by atoms with Crippen molar-refractivity contribution in [3.8, 4) is 0 Å². The molecule has 0 aromatic heterocycles. The van der Waals surface area contributed by atoms with Gasteiger partial charge in [0, 0.05) is 25.9 Å². The standard InChI is InChI=1S/C101H168N24O22/c1-56(2)47-73(119-95(141)74(48-57(3)4)120-97(143)78(53-81(129)130)121-91(137)70(38-24-28-42-103)115-96(142)77(112-79(127)54-104)52-67-35-21-18-22-36-67)93(139)114-68(37-23-27-41-102)89(135)108-55-80(128)109-62(13)86(132)110-63(14)87(133)113-69-39-25-29-43-106-45-31-32-46-107-44-30-26-40-71(116-99(145)82(60(9)10)123-98(144)76(50-59(7)8)118-88(134)64(15)111-90(69)136)92(138)125-84(65(16)126)101(147)124-83(61(11)12)100(146)122-75(49-58(5)6)94(140)117-72(85(105)131)51-66-33-19-17-20-34-66/h17-22,31-36,56-65,68-78,82-84,106-107,126H,23-30,37-55,102-104H2,1-16H3,(H2,105,131)(H,108,135)(H,109,128)(H,110,132)(H,111,136)(H,112,127)(H,113,133)(H,114,139)(H,115,142)(H,116,145)(H,117,140)(H,118,134)(H,119,141)(H,120,143)(H,121,137)(H,122,146)(H,123,144)(H,124,147)(H,125,138)(H,129,130)/b32-31+/t62-,63-,64-,65+,68-,69-,70-,71-,72-,73-,74-,75-,76-,77-,78-,82-,83-,84-/m0/s1. The molecule has 0 saturated heterocycles. The topological polar surface area (TPSA) is 727 Å². The second kappa shape index (κ2) is 68.7. The lowest BCUT2D eigenvalue weighted by Crippen LogP contribution is -2.63. The summed E-state index contributed by atoms with van der Waals surface area (Å²) in [4.78, 5) is 279. The molecule has 0 fully saturated rings. The lowest BCUT2D eigenvalue weighted by Gasteiger charge is -2.30. The Morgan fingerprint density at radius 2 is 0.864 bits per heavy atom. The molecule has 18 atom stereocenters. The molecule has 0 bridgehead atoms. The van der Waals surface area contributed by atoms with E-state index in [4.69, 9.17) is 22.9 Å². The molecule has 30 N–H and O–H groups in total. The minimum Gasteiger partial charge on any atom is -0.481 e. The van der Waals surface area contributed by atoms with Gasteiger partial charge in [-0.25, -0.2) is 0 Å². The number of carbonyl (C=O) groups is 20. The molecule has 3 rings (SSSR count). The van der Waals surface area contributed by atoms with E-state index in [1.165, 1.54) is 27.7 Å². The zero-order valence-electron chi connectivity index (χ0n) is 88.2. The molecule has 1 aliphatic rings. The van der Waals surface area contributed by atoms with Crippen molar-refractivity contribution >= 4 is 118 Å². The Kier molecular flexibility index (Phi) is 60.1. The highest BCUT2D eigenvalue weighted by atomic mass is 16.4. The molecule has 0 saturated carbocycles. The fourth-order valence-electron chi connectivity index (χ4n) is 15.8. The van der Waals surface area contributed by atoms with E-state index in [2.05, 4.69) is 106 Å². The van der Waals surface area contributed by atoms with Gasteiger partial charge in [0.25, 0.3) is 0 Å². The van der Waals surface area contributed by atoms with Crippen LogP contribution in [0.2, 0.25) is 0 Å². The number of aliphatic hydroxyl groups excluding tert-OH is 1. The van der Waals surface area contributed by atoms with Crippen LogP contribution in [0, 0.1) is 35.5 Å². The Hall–Kier alpha value is -12.7. The van der Waals surface area contributed by atoms with E-state index in [-0.39, 0.29) is 107 Å². The molecule has 0 unspecified atom stereocenters. The third-order valence-corrected chi connectivity index (χ3v) is 24.0. The van der Waals surface area contributed by atoms with Crippen molar-refractivity contribution in [3.63, 3.8) is 0 Å². The lowest BCUT2D eigenvalue weighted by molar-refractivity contribution is -0.141. The van der Waals surface area contributed by atoms with Crippen LogP contribution in [0.1, 0.15) is 231 Å². The number of hydrogen-bond donors (Lipinski definition) is 26. The zero-order chi connectivity index (χ0) is 110. The molecule has 19 amide bonds. The summed E-state index contributed by atoms with van der Waals surface area (Å²) < 4.78 is 0. The van der Waals surface area contributed by atoms with Crippen LogP contribution in [0.25, 0.3) is 0 Å². The Balaban J connectivity index is 1.81. The fraction of sp³-hybridized carbons (Fsp3) is 0.663. The molecular formula is C101H168N24O22. The Labute approximate surface area is 862 Å². The monoisotopic (exact) mass is 2070 g/mol. The third-order valence-electron chi connectivity index (χ3n) is 24.0. The molecule has 46 heteroatoms. The number of carbonyl (C=O) groups excluding carboxylic acids is 19. The van der Waals surface area contributed by atoms with Crippen LogP contribution in [-0.4, -0.2) is 290 Å². The molecule has 824 valence electrons. The average Bonchev–Trinajstić information content (AvgIpc) is 0.724. The number of nitrogens with two attached hydrogens (primary N) is 4. The van der Waals surface area contributed by atoms with Gasteiger partial charge in [0.05, 0.1) is 25.6 Å². The number of carboxylic acids is 1. The number of rotatable bonds is 54. The number of benzene rings is 2. The second-order valence-electron chi connectivity index (χ2n) is 39.9. The zero-order valence-corrected chi connectivity index (χ0v) is 88.2. The number of carboxylic acid groups (broad SMARTS) is 1. The molecule has 1 aliphatic heterocycles. The van der Waals surface area contributed by atoms with Crippen LogP contribution in [0.5, 0.6) is 0 Å². The van der Waals surface area contributed by atoms with Crippen molar-refractivity contribution in [2.45, 2.75) is 342 Å². The predicted molar refractivity (Wildman–Crippen MR) is 551 cm³/mol. The predicted octanol–water partition coefficient (Wildman–Crippen LogP) is -2.97. The molecule has 147 heavy (non-hydrogen) atoms. The summed E-state index contributed by atoms with van der Waals surface area (Å²) in [7, 11) is 0. The van der Waals surface area contributed by atoms with Crippen molar-refractivity contribution in [1.29, 1.82) is 0 Å². The summed E-state index contributed by atoms with van der Waals surface area (Å²) in [6, 6.07) is -6.12. The first-order valence-electron chi connectivity index (χ1n) is 51.3. The summed E-state index contributed by atoms with van der Waals surface area (Å²) in [5, 5.41) is 74.8. The number of primary amides is 1. The normalized spacial score (nSPS) is 19.0. The third kappa shape index (κ3) is 50.5. The number of aliphatic hydroxyl groups is 1. The summed E-state index contributed by atoms with van der Waals surface area (Å²) >= 11 is 0. The van der Waals surface area contributed by atoms with E-state index < -0.39 is 258 Å². The summed E-state index contributed by atoms with van der Waals surface area (Å²) in [6.07, 6.45) is 4.23. The van der Waals surface area contributed by atoms with Gasteiger partial charge < -0.3 is 139 Å². The SMILES string of the molecule is CC(C)C[C@@H]1NC(=O)[C@H](C)NC(=O)[C@@H](NC(=O)[C@H](C)NC(=O)[C@H](C)NC(=O)CNC(=O)[C@H](CCCCN)NC(=O)[C@H](CC(C)C)NC(=O)[C@H](CC(C)C)NC(=O)[C@H](CC(=O)O)NC(=O)[C@H](CCCCN)NC(=O)[C@H](Cc2ccccc2)NC(=O)CN)CCCCNC/C=C/CNCCCC[C@@H](C(=O)N[C@H](C(=O)N[C@H](C(=O)N[C@@H](CC(C)C)C(=O)N[C@@H](Cc2ccccc2)C(N)=O)C(C)C)[C@@H](C)O)NC(=O)[C@H](C(C)C)NC1=O. The molecule has 2 aromatic carbocycles. The Bertz CT molecular complexity index is 4600. The van der Waals surface area contributed by atoms with E-state index in [0.717, 1.165) is 5.56 Å². The van der Waals surface area contributed by atoms with Crippen LogP contribution in [0.4, 0.5) is 0 Å². The van der Waals surface area contributed by atoms with Crippen LogP contribution in [-0.2, 0) is 109 Å². The highest BCUT2D eigenvalue weighted by molar-refractivity contribution is 6.02. The van der Waals surface area contributed by atoms with Crippen molar-refractivity contribution in [3.05, 3.63) is 83.9 Å². The maximum absolute atomic E-state index is 14.7. The first kappa shape index (κ1) is 128. The van der Waals surface area contributed by atoms with Gasteiger partial charge in [-0.3, -0.25) is 95.9 Å². The Morgan fingerprint density at radius 1 is 0.415 bits per heavy atom. The van der Waals surface area contributed by atoms with Crippen LogP contribution in [0.15, 0.2) is 72.8 Å². The highest BCUT2D eigenvalue weighted by Crippen LogP contribution is 2.19. The summed E-state index contributed by atoms with van der Waals surface area (Å²) in [6.45, 7) is 26.8. The smallest absolute Gasteiger partial charge is 0.305 e. The number of unbranched alkanes of at least 4 members (excludes halogenated alkanes) is 2. The minimum absolute atomic E-state index is 0.00435. The van der Waals surface area contributed by atoms with Crippen molar-refractivity contribution in [2.24, 2.45) is 58.4 Å². The largest absolute Gasteiger partial charge is 0.481 e. The van der Waals surface area contributed by atoms with E-state index in [9.17, 15) is 106 Å². The molecule has 46 nitrogen and oxygen atoms in total. The maximum atomic E-state index is 14.7. The van der Waals surface area contributed by atoms with E-state index in [1.54, 1.807) is 130 Å². The van der Waals surface area contributed by atoms with E-state index in [1.807, 2.05) is 26.0 Å². The van der Waals surface area contributed by atoms with Crippen molar-refractivity contribution in [1.82, 2.24) is 106 Å². The number of amides is 19. The van der Waals surface area contributed by atoms with Gasteiger partial charge in [0.2, 0.25) is 112 Å². The van der Waals surface area contributed by atoms with Gasteiger partial charge >= 0.3 is 5.97 Å². The first-order chi connectivity index (χ1) is 69.4. The Morgan fingerprint density at radius 3 is 1.33 bits per heavy atom. The summed E-state index contributed by atoms with van der Waals surface area (Å²) in [5.41, 5.74) is 24.2. The first-order valence-corrected chi connectivity index (χ1v) is 51.3. The maximum Gasteiger partial charge on any atom is 0.305 e. The second-order valence-corrected chi connectivity index (χ2v) is 39.9. The van der Waals surface area contributed by atoms with E-state index in [0.29, 0.717) is 76.7 Å². The number of hydrogen-bond acceptors (Lipinski definition) is 26. The molecule has 2 aromatic rings. The summed E-state index contributed by atoms with van der Waals surface area (Å²) in [5.74, 6) is -20.2. The van der Waals surface area contributed by atoms with Crippen LogP contribution >= 0.6 is 0 Å². The number of aliphatic carboxylic acids is 1. The van der Waals surface area contributed by atoms with Gasteiger partial charge in [-0.2, -0.15) is 0 Å². The van der Waals surface area contributed by atoms with E-state index >= 15 is 0 Å². The van der Waals surface area contributed by atoms with Gasteiger partial charge in [0.1, 0.15) is 103 Å². The lowest BCUT2D eigenvalue weighted by atomic mass is 9.98. The van der Waals surface area contributed by atoms with Gasteiger partial charge in [0.15, 0.2) is 0 Å². The molecule has 1 heterocycles. The highest BCUT2D eigenvalue weighted by Gasteiger charge is 2.41. The van der Waals surface area contributed by atoms with Crippen LogP contribution in [0.3, 0.4) is 0 Å². The van der Waals surface area contributed by atoms with Crippen LogP contribution < -0.4 is 129 Å². The quantitative estimate of drug-likeness (QED) is 0.0232. The molecule has 0 spiro atoms. The average molecular weight is 2070 g/mol. The van der Waals surface area contributed by atoms with Gasteiger partial charge in [-0.15, -0.1) is 0 Å². The van der Waals surface area contributed by atoms with Gasteiger partial charge in [-0.1, -0.05) is 156 Å². The van der Waals surface area contributed by atoms with Gasteiger partial charge in [-0.05, 0) is 203 Å². The fourth-order valence-corrected chi connectivity index (χ4v) is 15.8. The van der Waals surface area contributed by atoms with Crippen molar-refractivity contribution in [2.75, 3.05) is 52.4 Å².